The van der Waals surface area contributed by atoms with Crippen molar-refractivity contribution in [1.82, 2.24) is 5.32 Å². The van der Waals surface area contributed by atoms with Gasteiger partial charge in [-0.05, 0) is 19.5 Å². The standard InChI is InChI=1S/C10H15NO/c1-8(11-2)10(12)9-6-4-3-5-7-9/h3-8,10-12H,1-2H3/t8-,10?/m1/s1. The molecule has 12 heavy (non-hydrogen) atoms. The van der Waals surface area contributed by atoms with E-state index < -0.39 is 6.10 Å². The monoisotopic (exact) mass is 165 g/mol. The third kappa shape index (κ3) is 2.06. The summed E-state index contributed by atoms with van der Waals surface area (Å²) in [4.78, 5) is 0. The van der Waals surface area contributed by atoms with Gasteiger partial charge in [0.05, 0.1) is 6.10 Å². The second kappa shape index (κ2) is 4.24. The molecular weight excluding hydrogens is 150 g/mol. The van der Waals surface area contributed by atoms with Gasteiger partial charge in [0.1, 0.15) is 0 Å². The fraction of sp³-hybridized carbons (Fsp3) is 0.400. The molecule has 0 aliphatic carbocycles. The molecule has 0 aromatic heterocycles. The number of hydrogen-bond acceptors (Lipinski definition) is 2. The van der Waals surface area contributed by atoms with Crippen molar-refractivity contribution < 1.29 is 5.11 Å². The second-order valence-corrected chi connectivity index (χ2v) is 2.93. The van der Waals surface area contributed by atoms with Gasteiger partial charge in [-0.3, -0.25) is 0 Å². The molecule has 0 aliphatic heterocycles. The van der Waals surface area contributed by atoms with Crippen molar-refractivity contribution in [1.29, 1.82) is 0 Å². The van der Waals surface area contributed by atoms with Crippen molar-refractivity contribution in [3.05, 3.63) is 35.9 Å². The van der Waals surface area contributed by atoms with Crippen LogP contribution in [0.4, 0.5) is 0 Å². The third-order valence-corrected chi connectivity index (χ3v) is 2.07. The van der Waals surface area contributed by atoms with Crippen LogP contribution in [-0.4, -0.2) is 18.2 Å². The molecule has 2 heteroatoms. The topological polar surface area (TPSA) is 32.3 Å². The molecule has 0 radical (unpaired) electrons. The molecule has 0 heterocycles. The van der Waals surface area contributed by atoms with Gasteiger partial charge in [0, 0.05) is 6.04 Å². The van der Waals surface area contributed by atoms with E-state index in [1.165, 1.54) is 0 Å². The van der Waals surface area contributed by atoms with Crippen LogP contribution >= 0.6 is 0 Å². The van der Waals surface area contributed by atoms with Crippen molar-refractivity contribution in [2.24, 2.45) is 0 Å². The van der Waals surface area contributed by atoms with Gasteiger partial charge in [-0.15, -0.1) is 0 Å². The van der Waals surface area contributed by atoms with Gasteiger partial charge in [0.15, 0.2) is 0 Å². The highest BCUT2D eigenvalue weighted by molar-refractivity contribution is 5.18. The lowest BCUT2D eigenvalue weighted by Crippen LogP contribution is -2.28. The average molecular weight is 165 g/mol. The molecular formula is C10H15NO. The van der Waals surface area contributed by atoms with Crippen LogP contribution in [0.3, 0.4) is 0 Å². The first kappa shape index (κ1) is 9.23. The quantitative estimate of drug-likeness (QED) is 0.708. The fourth-order valence-electron chi connectivity index (χ4n) is 1.10. The average Bonchev–Trinajstić information content (AvgIpc) is 2.17. The lowest BCUT2D eigenvalue weighted by molar-refractivity contribution is 0.140. The summed E-state index contributed by atoms with van der Waals surface area (Å²) in [5.74, 6) is 0. The van der Waals surface area contributed by atoms with Gasteiger partial charge in [-0.1, -0.05) is 30.3 Å². The normalized spacial score (nSPS) is 15.6. The van der Waals surface area contributed by atoms with Crippen molar-refractivity contribution in [3.8, 4) is 0 Å². The molecule has 1 aromatic rings. The first-order valence-electron chi connectivity index (χ1n) is 4.16. The van der Waals surface area contributed by atoms with Crippen molar-refractivity contribution in [3.63, 3.8) is 0 Å². The number of aliphatic hydroxyl groups excluding tert-OH is 1. The second-order valence-electron chi connectivity index (χ2n) is 2.93. The zero-order chi connectivity index (χ0) is 8.97. The van der Waals surface area contributed by atoms with Crippen LogP contribution in [0.25, 0.3) is 0 Å². The Balaban J connectivity index is 2.71. The highest BCUT2D eigenvalue weighted by Gasteiger charge is 2.12. The molecule has 0 spiro atoms. The van der Waals surface area contributed by atoms with Crippen LogP contribution < -0.4 is 5.32 Å². The molecule has 1 unspecified atom stereocenters. The predicted octanol–water partition coefficient (Wildman–Crippen LogP) is 1.33. The van der Waals surface area contributed by atoms with E-state index >= 15 is 0 Å². The van der Waals surface area contributed by atoms with Gasteiger partial charge < -0.3 is 10.4 Å². The minimum atomic E-state index is -0.420. The van der Waals surface area contributed by atoms with E-state index in [0.29, 0.717) is 0 Å². The molecule has 1 rings (SSSR count). The molecule has 2 N–H and O–H groups in total. The van der Waals surface area contributed by atoms with E-state index in [1.54, 1.807) is 0 Å². The molecule has 2 nitrogen and oxygen atoms in total. The van der Waals surface area contributed by atoms with Gasteiger partial charge in [0.25, 0.3) is 0 Å². The minimum absolute atomic E-state index is 0.0902. The maximum atomic E-state index is 9.73. The summed E-state index contributed by atoms with van der Waals surface area (Å²) in [6.07, 6.45) is -0.420. The van der Waals surface area contributed by atoms with Crippen molar-refractivity contribution in [2.75, 3.05) is 7.05 Å². The van der Waals surface area contributed by atoms with Crippen molar-refractivity contribution in [2.45, 2.75) is 19.1 Å². The maximum Gasteiger partial charge on any atom is 0.0940 e. The number of aliphatic hydroxyl groups is 1. The Hall–Kier alpha value is -0.860. The summed E-state index contributed by atoms with van der Waals surface area (Å²) in [6, 6.07) is 9.76. The Labute approximate surface area is 73.2 Å². The Bertz CT molecular complexity index is 223. The highest BCUT2D eigenvalue weighted by atomic mass is 16.3. The van der Waals surface area contributed by atoms with Crippen LogP contribution in [0.15, 0.2) is 30.3 Å². The summed E-state index contributed by atoms with van der Waals surface area (Å²) in [7, 11) is 1.84. The summed E-state index contributed by atoms with van der Waals surface area (Å²) in [5, 5.41) is 12.7. The summed E-state index contributed by atoms with van der Waals surface area (Å²) >= 11 is 0. The molecule has 66 valence electrons. The van der Waals surface area contributed by atoms with E-state index in [-0.39, 0.29) is 6.04 Å². The molecule has 0 bridgehead atoms. The van der Waals surface area contributed by atoms with Crippen LogP contribution in [0.5, 0.6) is 0 Å². The first-order valence-corrected chi connectivity index (χ1v) is 4.16. The minimum Gasteiger partial charge on any atom is -0.387 e. The largest absolute Gasteiger partial charge is 0.387 e. The molecule has 0 saturated carbocycles. The highest BCUT2D eigenvalue weighted by Crippen LogP contribution is 2.15. The Morgan fingerprint density at radius 1 is 1.25 bits per heavy atom. The van der Waals surface area contributed by atoms with Crippen LogP contribution in [0, 0.1) is 0 Å². The SMILES string of the molecule is CN[C@H](C)C(O)c1ccccc1. The van der Waals surface area contributed by atoms with Gasteiger partial charge >= 0.3 is 0 Å². The van der Waals surface area contributed by atoms with Gasteiger partial charge in [-0.2, -0.15) is 0 Å². The Kier molecular flexibility index (Phi) is 3.26. The van der Waals surface area contributed by atoms with E-state index in [9.17, 15) is 5.11 Å². The molecule has 1 aromatic carbocycles. The fourth-order valence-corrected chi connectivity index (χ4v) is 1.10. The van der Waals surface area contributed by atoms with Crippen LogP contribution in [0.2, 0.25) is 0 Å². The van der Waals surface area contributed by atoms with E-state index in [4.69, 9.17) is 0 Å². The number of nitrogens with one attached hydrogen (secondary N) is 1. The molecule has 0 aliphatic rings. The third-order valence-electron chi connectivity index (χ3n) is 2.07. The molecule has 0 saturated heterocycles. The van der Waals surface area contributed by atoms with Gasteiger partial charge in [0.2, 0.25) is 0 Å². The Morgan fingerprint density at radius 2 is 1.83 bits per heavy atom. The molecule has 2 atom stereocenters. The smallest absolute Gasteiger partial charge is 0.0940 e. The van der Waals surface area contributed by atoms with Crippen molar-refractivity contribution >= 4 is 0 Å². The zero-order valence-electron chi connectivity index (χ0n) is 7.49. The van der Waals surface area contributed by atoms with Gasteiger partial charge in [-0.25, -0.2) is 0 Å². The Morgan fingerprint density at radius 3 is 2.33 bits per heavy atom. The lowest BCUT2D eigenvalue weighted by atomic mass is 10.0. The van der Waals surface area contributed by atoms with Crippen LogP contribution in [0.1, 0.15) is 18.6 Å². The number of benzene rings is 1. The predicted molar refractivity (Wildman–Crippen MR) is 49.9 cm³/mol. The zero-order valence-corrected chi connectivity index (χ0v) is 7.49. The first-order chi connectivity index (χ1) is 5.75. The lowest BCUT2D eigenvalue weighted by Gasteiger charge is -2.17. The van der Waals surface area contributed by atoms with E-state index in [2.05, 4.69) is 5.32 Å². The van der Waals surface area contributed by atoms with Crippen LogP contribution in [-0.2, 0) is 0 Å². The summed E-state index contributed by atoms with van der Waals surface area (Å²) in [6.45, 7) is 1.96. The summed E-state index contributed by atoms with van der Waals surface area (Å²) < 4.78 is 0. The number of rotatable bonds is 3. The number of hydrogen-bond donors (Lipinski definition) is 2. The van der Waals surface area contributed by atoms with E-state index in [1.807, 2.05) is 44.3 Å². The summed E-state index contributed by atoms with van der Waals surface area (Å²) in [5.41, 5.74) is 0.958. The van der Waals surface area contributed by atoms with E-state index in [0.717, 1.165) is 5.56 Å². The maximum absolute atomic E-state index is 9.73. The molecule has 0 amide bonds. The number of likely N-dealkylation sites (N-methyl/N-ethyl adjacent to an activating group) is 1. The molecule has 0 fully saturated rings.